The van der Waals surface area contributed by atoms with Crippen LogP contribution in [-0.4, -0.2) is 29.6 Å². The Morgan fingerprint density at radius 3 is 2.56 bits per heavy atom. The number of ether oxygens (including phenoxy) is 3. The molecule has 4 aromatic rings. The molecule has 1 aromatic heterocycles. The third kappa shape index (κ3) is 4.40. The van der Waals surface area contributed by atoms with Crippen LogP contribution in [0.25, 0.3) is 16.9 Å². The summed E-state index contributed by atoms with van der Waals surface area (Å²) in [5.74, 6) is 1.79. The van der Waals surface area contributed by atoms with E-state index < -0.39 is 0 Å². The maximum absolute atomic E-state index is 13.2. The summed E-state index contributed by atoms with van der Waals surface area (Å²) in [6.07, 6.45) is 0. The van der Waals surface area contributed by atoms with Gasteiger partial charge in [-0.05, 0) is 66.2 Å². The minimum atomic E-state index is -0.295. The molecule has 2 heterocycles. The maximum Gasteiger partial charge on any atom is 0.270 e. The fourth-order valence-corrected chi connectivity index (χ4v) is 3.88. The lowest BCUT2D eigenvalue weighted by atomic mass is 10.1. The van der Waals surface area contributed by atoms with E-state index in [9.17, 15) is 4.79 Å². The van der Waals surface area contributed by atoms with Crippen molar-refractivity contribution in [3.63, 3.8) is 0 Å². The van der Waals surface area contributed by atoms with E-state index in [0.717, 1.165) is 16.9 Å². The van der Waals surface area contributed by atoms with Gasteiger partial charge in [-0.3, -0.25) is 4.79 Å². The number of fused-ring (bicyclic) bond motifs is 1. The minimum Gasteiger partial charge on any atom is -0.497 e. The van der Waals surface area contributed by atoms with Crippen LogP contribution < -0.4 is 19.5 Å². The van der Waals surface area contributed by atoms with Crippen LogP contribution in [0, 0.1) is 0 Å². The molecule has 3 aromatic carbocycles. The average molecular weight is 496 g/mol. The van der Waals surface area contributed by atoms with E-state index in [1.54, 1.807) is 36.1 Å². The van der Waals surface area contributed by atoms with Crippen molar-refractivity contribution in [3.8, 4) is 34.2 Å². The van der Waals surface area contributed by atoms with Crippen LogP contribution in [0.15, 0.2) is 66.7 Å². The normalized spacial score (nSPS) is 12.0. The number of carbonyl (C=O) groups excluding carboxylic acids is 1. The zero-order chi connectivity index (χ0) is 23.7. The highest BCUT2D eigenvalue weighted by Crippen LogP contribution is 2.32. The number of hydrogen-bond donors (Lipinski definition) is 1. The number of halogens is 2. The predicted molar refractivity (Wildman–Crippen MR) is 129 cm³/mol. The van der Waals surface area contributed by atoms with Gasteiger partial charge in [-0.25, -0.2) is 4.68 Å². The smallest absolute Gasteiger partial charge is 0.270 e. The van der Waals surface area contributed by atoms with E-state index in [1.165, 1.54) is 0 Å². The first-order chi connectivity index (χ1) is 16.5. The molecule has 1 aliphatic heterocycles. The van der Waals surface area contributed by atoms with Gasteiger partial charge in [-0.1, -0.05) is 29.3 Å². The molecule has 172 valence electrons. The topological polar surface area (TPSA) is 74.6 Å². The summed E-state index contributed by atoms with van der Waals surface area (Å²) in [6.45, 7) is 0.502. The summed E-state index contributed by atoms with van der Waals surface area (Å²) in [5.41, 5.74) is 3.31. The van der Waals surface area contributed by atoms with Crippen molar-refractivity contribution in [2.75, 3.05) is 13.9 Å². The minimum absolute atomic E-state index is 0.197. The standard InChI is InChI=1S/C25H19Cl2N3O4/c1-32-18-6-3-16(4-7-18)21-12-22(30(29-21)17-5-8-19(26)20(27)11-17)25(31)28-13-15-2-9-23-24(10-15)34-14-33-23/h2-12H,13-14H2,1H3,(H,28,31). The average Bonchev–Trinajstić information content (AvgIpc) is 3.51. The van der Waals surface area contributed by atoms with Crippen LogP contribution in [0.2, 0.25) is 10.0 Å². The number of rotatable bonds is 6. The van der Waals surface area contributed by atoms with Crippen LogP contribution in [0.3, 0.4) is 0 Å². The molecule has 5 rings (SSSR count). The monoisotopic (exact) mass is 495 g/mol. The maximum atomic E-state index is 13.2. The van der Waals surface area contributed by atoms with E-state index in [2.05, 4.69) is 10.4 Å². The van der Waals surface area contributed by atoms with Crippen molar-refractivity contribution in [1.29, 1.82) is 0 Å². The summed E-state index contributed by atoms with van der Waals surface area (Å²) in [5, 5.41) is 8.41. The molecule has 0 spiro atoms. The molecule has 0 saturated carbocycles. The number of nitrogens with one attached hydrogen (secondary N) is 1. The number of aromatic nitrogens is 2. The molecule has 9 heteroatoms. The van der Waals surface area contributed by atoms with Crippen LogP contribution in [0.4, 0.5) is 0 Å². The van der Waals surface area contributed by atoms with E-state index in [4.69, 9.17) is 37.4 Å². The lowest BCUT2D eigenvalue weighted by molar-refractivity contribution is 0.0943. The molecule has 0 unspecified atom stereocenters. The Bertz CT molecular complexity index is 1370. The van der Waals surface area contributed by atoms with Crippen LogP contribution in [0.1, 0.15) is 16.1 Å². The zero-order valence-electron chi connectivity index (χ0n) is 18.0. The quantitative estimate of drug-likeness (QED) is 0.381. The highest BCUT2D eigenvalue weighted by atomic mass is 35.5. The summed E-state index contributed by atoms with van der Waals surface area (Å²) in [6, 6.07) is 19.8. The lowest BCUT2D eigenvalue weighted by Gasteiger charge is -2.10. The number of benzene rings is 3. The fraction of sp³-hybridized carbons (Fsp3) is 0.120. The van der Waals surface area contributed by atoms with Crippen LogP contribution in [-0.2, 0) is 6.54 Å². The number of nitrogens with zero attached hydrogens (tertiary/aromatic N) is 2. The fourth-order valence-electron chi connectivity index (χ4n) is 3.58. The van der Waals surface area contributed by atoms with E-state index in [1.807, 2.05) is 42.5 Å². The second kappa shape index (κ2) is 9.29. The summed E-state index contributed by atoms with van der Waals surface area (Å²) >= 11 is 12.3. The van der Waals surface area contributed by atoms with Gasteiger partial charge in [0.05, 0.1) is 28.5 Å². The molecule has 7 nitrogen and oxygen atoms in total. The van der Waals surface area contributed by atoms with Crippen molar-refractivity contribution in [1.82, 2.24) is 15.1 Å². The van der Waals surface area contributed by atoms with E-state index >= 15 is 0 Å². The Morgan fingerprint density at radius 1 is 1.00 bits per heavy atom. The number of hydrogen-bond acceptors (Lipinski definition) is 5. The molecule has 1 amide bonds. The Labute approximate surface area is 205 Å². The predicted octanol–water partition coefficient (Wildman–Crippen LogP) is 5.51. The molecule has 34 heavy (non-hydrogen) atoms. The van der Waals surface area contributed by atoms with Crippen LogP contribution in [0.5, 0.6) is 17.2 Å². The molecular formula is C25H19Cl2N3O4. The summed E-state index contributed by atoms with van der Waals surface area (Å²) in [7, 11) is 1.61. The molecule has 0 bridgehead atoms. The zero-order valence-corrected chi connectivity index (χ0v) is 19.6. The first kappa shape index (κ1) is 22.1. The first-order valence-electron chi connectivity index (χ1n) is 10.4. The van der Waals surface area contributed by atoms with Gasteiger partial charge in [0.1, 0.15) is 11.4 Å². The summed E-state index contributed by atoms with van der Waals surface area (Å²) in [4.78, 5) is 13.2. The Kier molecular flexibility index (Phi) is 6.04. The number of carbonyl (C=O) groups is 1. The summed E-state index contributed by atoms with van der Waals surface area (Å²) < 4.78 is 17.5. The first-order valence-corrected chi connectivity index (χ1v) is 11.1. The second-order valence-electron chi connectivity index (χ2n) is 7.52. The Morgan fingerprint density at radius 2 is 1.79 bits per heavy atom. The van der Waals surface area contributed by atoms with Gasteiger partial charge < -0.3 is 19.5 Å². The van der Waals surface area contributed by atoms with Crippen molar-refractivity contribution >= 4 is 29.1 Å². The van der Waals surface area contributed by atoms with Gasteiger partial charge in [0.2, 0.25) is 6.79 Å². The van der Waals surface area contributed by atoms with Gasteiger partial charge in [0.25, 0.3) is 5.91 Å². The molecule has 0 saturated heterocycles. The van der Waals surface area contributed by atoms with Crippen molar-refractivity contribution in [2.45, 2.75) is 6.54 Å². The lowest BCUT2D eigenvalue weighted by Crippen LogP contribution is -2.25. The van der Waals surface area contributed by atoms with E-state index in [-0.39, 0.29) is 12.7 Å². The molecule has 1 aliphatic rings. The second-order valence-corrected chi connectivity index (χ2v) is 8.34. The Hall–Kier alpha value is -3.68. The third-order valence-electron chi connectivity index (χ3n) is 5.37. The van der Waals surface area contributed by atoms with Gasteiger partial charge in [-0.15, -0.1) is 0 Å². The Balaban J connectivity index is 1.46. The highest BCUT2D eigenvalue weighted by Gasteiger charge is 2.19. The molecule has 0 aliphatic carbocycles. The van der Waals surface area contributed by atoms with E-state index in [0.29, 0.717) is 45.2 Å². The number of methoxy groups -OCH3 is 1. The molecule has 0 fully saturated rings. The molecule has 0 radical (unpaired) electrons. The highest BCUT2D eigenvalue weighted by molar-refractivity contribution is 6.42. The molecule has 0 atom stereocenters. The number of amides is 1. The van der Waals surface area contributed by atoms with Crippen molar-refractivity contribution in [2.24, 2.45) is 0 Å². The molecular weight excluding hydrogens is 477 g/mol. The van der Waals surface area contributed by atoms with Gasteiger partial charge in [-0.2, -0.15) is 5.10 Å². The SMILES string of the molecule is COc1ccc(-c2cc(C(=O)NCc3ccc4c(c3)OCO4)n(-c3ccc(Cl)c(Cl)c3)n2)cc1. The van der Waals surface area contributed by atoms with Gasteiger partial charge >= 0.3 is 0 Å². The van der Waals surface area contributed by atoms with Crippen molar-refractivity contribution in [3.05, 3.63) is 88.0 Å². The van der Waals surface area contributed by atoms with Crippen LogP contribution >= 0.6 is 23.2 Å². The largest absolute Gasteiger partial charge is 0.497 e. The molecule has 1 N–H and O–H groups in total. The van der Waals surface area contributed by atoms with Gasteiger partial charge in [0, 0.05) is 12.1 Å². The van der Waals surface area contributed by atoms with Gasteiger partial charge in [0.15, 0.2) is 11.5 Å². The third-order valence-corrected chi connectivity index (χ3v) is 6.10. The van der Waals surface area contributed by atoms with Crippen molar-refractivity contribution < 1.29 is 19.0 Å².